The molecule has 0 radical (unpaired) electrons. The summed E-state index contributed by atoms with van der Waals surface area (Å²) in [6, 6.07) is 2.43. The lowest BCUT2D eigenvalue weighted by molar-refractivity contribution is 0.170. The van der Waals surface area contributed by atoms with E-state index in [0.717, 1.165) is 38.0 Å². The molecule has 2 unspecified atom stereocenters. The molecule has 0 spiro atoms. The lowest BCUT2D eigenvalue weighted by atomic mass is 9.79. The van der Waals surface area contributed by atoms with Crippen molar-refractivity contribution in [3.05, 3.63) is 54.3 Å². The molecule has 0 amide bonds. The van der Waals surface area contributed by atoms with E-state index in [1.165, 1.54) is 11.3 Å². The summed E-state index contributed by atoms with van der Waals surface area (Å²) >= 11 is 0. The molecule has 1 aliphatic carbocycles. The van der Waals surface area contributed by atoms with Gasteiger partial charge in [-0.25, -0.2) is 5.84 Å². The normalized spacial score (nSPS) is 27.5. The smallest absolute Gasteiger partial charge is 0.0980 e. The molecule has 5 nitrogen and oxygen atoms in total. The maximum absolute atomic E-state index is 6.64. The number of rotatable bonds is 3. The van der Waals surface area contributed by atoms with E-state index in [-0.39, 0.29) is 0 Å². The van der Waals surface area contributed by atoms with Gasteiger partial charge in [0.2, 0.25) is 0 Å². The first kappa shape index (κ1) is 15.5. The summed E-state index contributed by atoms with van der Waals surface area (Å²) in [5, 5.41) is 5.48. The number of hydrogen-bond donors (Lipinski definition) is 2. The van der Waals surface area contributed by atoms with Gasteiger partial charge in [0.25, 0.3) is 0 Å². The Kier molecular flexibility index (Phi) is 4.21. The lowest BCUT2D eigenvalue weighted by Gasteiger charge is -2.43. The lowest BCUT2D eigenvalue weighted by Crippen LogP contribution is -2.50. The summed E-state index contributed by atoms with van der Waals surface area (Å²) in [4.78, 5) is 2.25. The number of piperidine rings is 1. The Balaban J connectivity index is 1.68. The van der Waals surface area contributed by atoms with E-state index < -0.39 is 0 Å². The van der Waals surface area contributed by atoms with Crippen molar-refractivity contribution in [1.29, 1.82) is 0 Å². The van der Waals surface area contributed by atoms with Crippen LogP contribution in [0.25, 0.3) is 5.57 Å². The molecule has 128 valence electrons. The van der Waals surface area contributed by atoms with Crippen molar-refractivity contribution in [1.82, 2.24) is 15.2 Å². The zero-order valence-corrected chi connectivity index (χ0v) is 14.2. The first-order valence-corrected chi connectivity index (χ1v) is 8.81. The van der Waals surface area contributed by atoms with Crippen molar-refractivity contribution in [2.45, 2.75) is 18.9 Å². The predicted octanol–water partition coefficient (Wildman–Crippen LogP) is 2.18. The molecule has 3 aliphatic rings. The van der Waals surface area contributed by atoms with Crippen molar-refractivity contribution < 1.29 is 4.42 Å². The van der Waals surface area contributed by atoms with E-state index in [4.69, 9.17) is 10.3 Å². The molecule has 24 heavy (non-hydrogen) atoms. The number of furan rings is 1. The Morgan fingerprint density at radius 1 is 1.33 bits per heavy atom. The fourth-order valence-corrected chi connectivity index (χ4v) is 4.03. The summed E-state index contributed by atoms with van der Waals surface area (Å²) in [6.45, 7) is 3.09. The van der Waals surface area contributed by atoms with Crippen molar-refractivity contribution in [3.8, 4) is 0 Å². The van der Waals surface area contributed by atoms with Crippen LogP contribution in [-0.4, -0.2) is 42.6 Å². The molecule has 0 bridgehead atoms. The van der Waals surface area contributed by atoms with Crippen LogP contribution in [0, 0.1) is 11.8 Å². The molecular weight excluding hydrogens is 300 g/mol. The maximum Gasteiger partial charge on any atom is 0.0980 e. The fourth-order valence-electron chi connectivity index (χ4n) is 4.03. The van der Waals surface area contributed by atoms with Gasteiger partial charge in [-0.3, -0.25) is 0 Å². The van der Waals surface area contributed by atoms with Gasteiger partial charge in [-0.05, 0) is 49.8 Å². The minimum atomic E-state index is 0.388. The molecule has 3 heterocycles. The second-order valence-corrected chi connectivity index (χ2v) is 7.06. The molecule has 1 fully saturated rings. The van der Waals surface area contributed by atoms with Crippen molar-refractivity contribution in [3.63, 3.8) is 0 Å². The largest absolute Gasteiger partial charge is 0.472 e. The van der Waals surface area contributed by atoms with Gasteiger partial charge in [-0.2, -0.15) is 0 Å². The number of allylic oxidation sites excluding steroid dienone is 4. The first-order valence-electron chi connectivity index (χ1n) is 8.81. The minimum absolute atomic E-state index is 0.388. The monoisotopic (exact) mass is 326 g/mol. The highest BCUT2D eigenvalue weighted by Gasteiger charge is 2.34. The predicted molar refractivity (Wildman–Crippen MR) is 95.4 cm³/mol. The Labute approximate surface area is 143 Å². The van der Waals surface area contributed by atoms with Gasteiger partial charge in [0.05, 0.1) is 12.5 Å². The third kappa shape index (κ3) is 2.89. The number of nitrogens with one attached hydrogen (secondary N) is 1. The maximum atomic E-state index is 6.64. The average Bonchev–Trinajstić information content (AvgIpc) is 3.16. The molecule has 1 aromatic rings. The van der Waals surface area contributed by atoms with Crippen LogP contribution >= 0.6 is 0 Å². The molecule has 2 atom stereocenters. The van der Waals surface area contributed by atoms with Crippen LogP contribution < -0.4 is 11.2 Å². The van der Waals surface area contributed by atoms with Gasteiger partial charge >= 0.3 is 0 Å². The summed E-state index contributed by atoms with van der Waals surface area (Å²) in [6.07, 6.45) is 14.8. The third-order valence-electron chi connectivity index (χ3n) is 5.42. The van der Waals surface area contributed by atoms with Crippen LogP contribution in [0.2, 0.25) is 0 Å². The van der Waals surface area contributed by atoms with Crippen LogP contribution in [0.3, 0.4) is 0 Å². The molecular formula is C19H26N4O. The van der Waals surface area contributed by atoms with Crippen LogP contribution in [0.4, 0.5) is 0 Å². The number of nitrogens with two attached hydrogens (primary N) is 1. The van der Waals surface area contributed by atoms with Crippen molar-refractivity contribution >= 4 is 5.57 Å². The van der Waals surface area contributed by atoms with E-state index in [1.54, 1.807) is 6.26 Å². The summed E-state index contributed by atoms with van der Waals surface area (Å²) in [5.41, 5.74) is 3.58. The average molecular weight is 326 g/mol. The van der Waals surface area contributed by atoms with Crippen LogP contribution in [0.5, 0.6) is 0 Å². The Morgan fingerprint density at radius 3 is 2.92 bits per heavy atom. The van der Waals surface area contributed by atoms with Gasteiger partial charge in [-0.15, -0.1) is 0 Å². The van der Waals surface area contributed by atoms with E-state index in [1.807, 2.05) is 12.3 Å². The topological polar surface area (TPSA) is 57.7 Å². The van der Waals surface area contributed by atoms with Crippen LogP contribution in [-0.2, 0) is 0 Å². The molecule has 4 rings (SSSR count). The summed E-state index contributed by atoms with van der Waals surface area (Å²) < 4.78 is 5.28. The van der Waals surface area contributed by atoms with Gasteiger partial charge in [0.1, 0.15) is 0 Å². The Bertz CT molecular complexity index is 655. The van der Waals surface area contributed by atoms with E-state index in [2.05, 4.69) is 46.7 Å². The van der Waals surface area contributed by atoms with Crippen LogP contribution in [0.15, 0.2) is 53.1 Å². The SMILES string of the molecule is CN1C=CC2C=C(c3ccoc3)C=C(N(N)C3CCNCC3)C2C1. The highest BCUT2D eigenvalue weighted by molar-refractivity contribution is 5.76. The van der Waals surface area contributed by atoms with E-state index in [9.17, 15) is 0 Å². The fraction of sp³-hybridized carbons (Fsp3) is 0.474. The quantitative estimate of drug-likeness (QED) is 0.659. The molecule has 5 heteroatoms. The third-order valence-corrected chi connectivity index (χ3v) is 5.42. The second kappa shape index (κ2) is 6.49. The van der Waals surface area contributed by atoms with Gasteiger partial charge in [0.15, 0.2) is 0 Å². The van der Waals surface area contributed by atoms with Crippen molar-refractivity contribution in [2.75, 3.05) is 26.7 Å². The first-order chi connectivity index (χ1) is 11.7. The van der Waals surface area contributed by atoms with Crippen LogP contribution in [0.1, 0.15) is 18.4 Å². The number of nitrogens with zero attached hydrogens (tertiary/aromatic N) is 2. The van der Waals surface area contributed by atoms with E-state index in [0.29, 0.717) is 17.9 Å². The highest BCUT2D eigenvalue weighted by Crippen LogP contribution is 2.38. The minimum Gasteiger partial charge on any atom is -0.472 e. The highest BCUT2D eigenvalue weighted by atomic mass is 16.3. The van der Waals surface area contributed by atoms with Gasteiger partial charge in [0, 0.05) is 42.7 Å². The molecule has 1 saturated heterocycles. The zero-order valence-electron chi connectivity index (χ0n) is 14.2. The molecule has 1 aromatic heterocycles. The Morgan fingerprint density at radius 2 is 2.17 bits per heavy atom. The van der Waals surface area contributed by atoms with Gasteiger partial charge < -0.3 is 19.6 Å². The zero-order chi connectivity index (χ0) is 16.5. The molecule has 0 saturated carbocycles. The number of hydrogen-bond acceptors (Lipinski definition) is 5. The molecule has 3 N–H and O–H groups in total. The molecule has 0 aromatic carbocycles. The van der Waals surface area contributed by atoms with Gasteiger partial charge in [-0.1, -0.05) is 12.2 Å². The second-order valence-electron chi connectivity index (χ2n) is 7.06. The standard InChI is InChI=1S/C19H26N4O/c1-22-8-4-14-10-16(15-5-9-24-13-15)11-19(18(14)12-22)23(20)17-2-6-21-7-3-17/h4-5,8-11,13-14,17-18,21H,2-3,6-7,12,20H2,1H3. The number of fused-ring (bicyclic) bond motifs is 1. The Hall–Kier alpha value is -1.98. The summed E-state index contributed by atoms with van der Waals surface area (Å²) in [5.74, 6) is 7.44. The molecule has 2 aliphatic heterocycles. The van der Waals surface area contributed by atoms with Crippen molar-refractivity contribution in [2.24, 2.45) is 17.7 Å². The summed E-state index contributed by atoms with van der Waals surface area (Å²) in [7, 11) is 2.13. The van der Waals surface area contributed by atoms with E-state index >= 15 is 0 Å². The number of hydrazine groups is 1.